The maximum atomic E-state index is 12.5. The first-order chi connectivity index (χ1) is 14.4. The highest BCUT2D eigenvalue weighted by Gasteiger charge is 2.27. The van der Waals surface area contributed by atoms with Crippen molar-refractivity contribution in [1.82, 2.24) is 4.31 Å². The van der Waals surface area contributed by atoms with E-state index in [0.717, 1.165) is 18.4 Å². The van der Waals surface area contributed by atoms with E-state index in [4.69, 9.17) is 9.47 Å². The van der Waals surface area contributed by atoms with E-state index in [9.17, 15) is 18.0 Å². The molecule has 3 rings (SSSR count). The van der Waals surface area contributed by atoms with Crippen molar-refractivity contribution >= 4 is 21.8 Å². The van der Waals surface area contributed by atoms with Gasteiger partial charge in [0.1, 0.15) is 5.75 Å². The third-order valence-electron chi connectivity index (χ3n) is 4.90. The van der Waals surface area contributed by atoms with Crippen LogP contribution in [-0.2, 0) is 19.6 Å². The summed E-state index contributed by atoms with van der Waals surface area (Å²) in [5, 5.41) is 0. The average molecular weight is 432 g/mol. The highest BCUT2D eigenvalue weighted by atomic mass is 32.2. The molecule has 0 aliphatic carbocycles. The molecule has 2 aromatic rings. The summed E-state index contributed by atoms with van der Waals surface area (Å²) in [5.74, 6) is -0.233. The number of ether oxygens (including phenoxy) is 2. The average Bonchev–Trinajstić information content (AvgIpc) is 3.29. The first kappa shape index (κ1) is 22.0. The molecule has 7 nitrogen and oxygen atoms in total. The van der Waals surface area contributed by atoms with Crippen LogP contribution in [0.5, 0.6) is 5.75 Å². The van der Waals surface area contributed by atoms with Crippen LogP contribution in [-0.4, -0.2) is 50.8 Å². The van der Waals surface area contributed by atoms with E-state index in [2.05, 4.69) is 0 Å². The number of carbonyl (C=O) groups excluding carboxylic acids is 2. The number of sulfonamides is 1. The van der Waals surface area contributed by atoms with Crippen LogP contribution in [0.2, 0.25) is 0 Å². The van der Waals surface area contributed by atoms with Gasteiger partial charge in [-0.1, -0.05) is 18.2 Å². The topological polar surface area (TPSA) is 90.0 Å². The van der Waals surface area contributed by atoms with Crippen LogP contribution in [0.4, 0.5) is 0 Å². The molecule has 160 valence electrons. The Morgan fingerprint density at radius 1 is 1.00 bits per heavy atom. The second-order valence-corrected chi connectivity index (χ2v) is 9.02. The third-order valence-corrected chi connectivity index (χ3v) is 6.81. The first-order valence-electron chi connectivity index (χ1n) is 9.85. The van der Waals surface area contributed by atoms with Gasteiger partial charge < -0.3 is 9.47 Å². The SMILES string of the molecule is Cc1ccccc1OCCC(=O)OCC(=O)c1ccc(S(=O)(=O)N2CCCC2)cc1. The molecule has 1 heterocycles. The Balaban J connectivity index is 1.46. The summed E-state index contributed by atoms with van der Waals surface area (Å²) < 4.78 is 37.0. The lowest BCUT2D eigenvalue weighted by Crippen LogP contribution is -2.27. The monoisotopic (exact) mass is 431 g/mol. The molecule has 30 heavy (non-hydrogen) atoms. The molecule has 1 fully saturated rings. The van der Waals surface area contributed by atoms with Gasteiger partial charge in [0, 0.05) is 18.7 Å². The van der Waals surface area contributed by atoms with Crippen LogP contribution < -0.4 is 4.74 Å². The summed E-state index contributed by atoms with van der Waals surface area (Å²) in [7, 11) is -3.52. The smallest absolute Gasteiger partial charge is 0.309 e. The van der Waals surface area contributed by atoms with Crippen LogP contribution in [0.25, 0.3) is 0 Å². The fourth-order valence-electron chi connectivity index (χ4n) is 3.15. The van der Waals surface area contributed by atoms with Crippen molar-refractivity contribution in [2.24, 2.45) is 0 Å². The molecule has 0 saturated carbocycles. The number of benzene rings is 2. The molecule has 0 N–H and O–H groups in total. The van der Waals surface area contributed by atoms with Crippen molar-refractivity contribution in [2.75, 3.05) is 26.3 Å². The van der Waals surface area contributed by atoms with Gasteiger partial charge in [0.2, 0.25) is 10.0 Å². The largest absolute Gasteiger partial charge is 0.493 e. The number of carbonyl (C=O) groups is 2. The van der Waals surface area contributed by atoms with E-state index in [1.807, 2.05) is 31.2 Å². The molecule has 0 aromatic heterocycles. The van der Waals surface area contributed by atoms with Gasteiger partial charge in [-0.3, -0.25) is 9.59 Å². The van der Waals surface area contributed by atoms with E-state index in [0.29, 0.717) is 24.4 Å². The van der Waals surface area contributed by atoms with E-state index in [1.165, 1.54) is 28.6 Å². The van der Waals surface area contributed by atoms with Gasteiger partial charge in [0.05, 0.1) is 17.9 Å². The minimum absolute atomic E-state index is 0.0225. The van der Waals surface area contributed by atoms with E-state index >= 15 is 0 Å². The number of aryl methyl sites for hydroxylation is 1. The molecule has 0 bridgehead atoms. The van der Waals surface area contributed by atoms with Gasteiger partial charge in [-0.05, 0) is 55.7 Å². The Morgan fingerprint density at radius 3 is 2.33 bits per heavy atom. The zero-order valence-electron chi connectivity index (χ0n) is 16.9. The number of rotatable bonds is 9. The van der Waals surface area contributed by atoms with Crippen molar-refractivity contribution in [1.29, 1.82) is 0 Å². The fourth-order valence-corrected chi connectivity index (χ4v) is 4.67. The Bertz CT molecular complexity index is 995. The number of para-hydroxylation sites is 1. The van der Waals surface area contributed by atoms with Crippen molar-refractivity contribution in [3.63, 3.8) is 0 Å². The van der Waals surface area contributed by atoms with Gasteiger partial charge >= 0.3 is 5.97 Å². The van der Waals surface area contributed by atoms with Gasteiger partial charge in [-0.15, -0.1) is 0 Å². The summed E-state index contributed by atoms with van der Waals surface area (Å²) in [6.45, 7) is 2.70. The van der Waals surface area contributed by atoms with Crippen LogP contribution in [0.15, 0.2) is 53.4 Å². The van der Waals surface area contributed by atoms with E-state index in [-0.39, 0.29) is 17.9 Å². The molecule has 0 unspecified atom stereocenters. The standard InChI is InChI=1S/C22H25NO6S/c1-17-6-2-3-7-21(17)28-15-12-22(25)29-16-20(24)18-8-10-19(11-9-18)30(26,27)23-13-4-5-14-23/h2-3,6-11H,4-5,12-16H2,1H3. The Morgan fingerprint density at radius 2 is 1.67 bits per heavy atom. The van der Waals surface area contributed by atoms with Crippen molar-refractivity contribution in [2.45, 2.75) is 31.1 Å². The Kier molecular flexibility index (Phi) is 7.23. The molecule has 1 aliphatic rings. The van der Waals surface area contributed by atoms with Crippen molar-refractivity contribution < 1.29 is 27.5 Å². The predicted molar refractivity (Wildman–Crippen MR) is 111 cm³/mol. The van der Waals surface area contributed by atoms with Crippen LogP contribution in [0.1, 0.15) is 35.2 Å². The highest BCUT2D eigenvalue weighted by Crippen LogP contribution is 2.21. The molecule has 0 amide bonds. The lowest BCUT2D eigenvalue weighted by molar-refractivity contribution is -0.143. The minimum atomic E-state index is -3.52. The zero-order valence-corrected chi connectivity index (χ0v) is 17.7. The van der Waals surface area contributed by atoms with Gasteiger partial charge in [-0.2, -0.15) is 4.31 Å². The normalized spacial score (nSPS) is 14.4. The van der Waals surface area contributed by atoms with Crippen molar-refractivity contribution in [3.05, 3.63) is 59.7 Å². The number of esters is 1. The maximum absolute atomic E-state index is 12.5. The molecule has 2 aromatic carbocycles. The van der Waals surface area contributed by atoms with E-state index in [1.54, 1.807) is 0 Å². The predicted octanol–water partition coefficient (Wildman–Crippen LogP) is 2.97. The highest BCUT2D eigenvalue weighted by molar-refractivity contribution is 7.89. The third kappa shape index (κ3) is 5.46. The summed E-state index contributed by atoms with van der Waals surface area (Å²) in [4.78, 5) is 24.2. The Labute approximate surface area is 176 Å². The summed E-state index contributed by atoms with van der Waals surface area (Å²) in [6, 6.07) is 13.2. The Hall–Kier alpha value is -2.71. The van der Waals surface area contributed by atoms with Crippen LogP contribution in [0.3, 0.4) is 0 Å². The fraction of sp³-hybridized carbons (Fsp3) is 0.364. The van der Waals surface area contributed by atoms with Gasteiger partial charge in [0.25, 0.3) is 0 Å². The first-order valence-corrected chi connectivity index (χ1v) is 11.3. The molecule has 1 saturated heterocycles. The van der Waals surface area contributed by atoms with Gasteiger partial charge in [-0.25, -0.2) is 8.42 Å². The number of hydrogen-bond acceptors (Lipinski definition) is 6. The summed E-state index contributed by atoms with van der Waals surface area (Å²) in [6.07, 6.45) is 1.74. The molecular weight excluding hydrogens is 406 g/mol. The summed E-state index contributed by atoms with van der Waals surface area (Å²) >= 11 is 0. The van der Waals surface area contributed by atoms with Gasteiger partial charge in [0.15, 0.2) is 12.4 Å². The summed E-state index contributed by atoms with van der Waals surface area (Å²) in [5.41, 5.74) is 1.26. The number of ketones is 1. The zero-order chi connectivity index (χ0) is 21.6. The lowest BCUT2D eigenvalue weighted by atomic mass is 10.1. The minimum Gasteiger partial charge on any atom is -0.493 e. The molecule has 8 heteroatoms. The van der Waals surface area contributed by atoms with Crippen molar-refractivity contribution in [3.8, 4) is 5.75 Å². The molecule has 0 spiro atoms. The second-order valence-electron chi connectivity index (χ2n) is 7.08. The number of Topliss-reactive ketones (excluding diaryl/α,β-unsaturated/α-hetero) is 1. The number of hydrogen-bond donors (Lipinski definition) is 0. The quantitative estimate of drug-likeness (QED) is 0.448. The molecular formula is C22H25NO6S. The molecule has 0 atom stereocenters. The molecule has 1 aliphatic heterocycles. The second kappa shape index (κ2) is 9.86. The van der Waals surface area contributed by atoms with Crippen LogP contribution >= 0.6 is 0 Å². The van der Waals surface area contributed by atoms with E-state index < -0.39 is 28.4 Å². The van der Waals surface area contributed by atoms with Crippen LogP contribution in [0, 0.1) is 6.92 Å². The lowest BCUT2D eigenvalue weighted by Gasteiger charge is -2.15. The number of nitrogens with zero attached hydrogens (tertiary/aromatic N) is 1. The maximum Gasteiger partial charge on any atom is 0.309 e. The molecule has 0 radical (unpaired) electrons.